The third kappa shape index (κ3) is 3.00. The lowest BCUT2D eigenvalue weighted by Crippen LogP contribution is -2.66. The van der Waals surface area contributed by atoms with Crippen molar-refractivity contribution < 1.29 is 14.4 Å². The van der Waals surface area contributed by atoms with Crippen LogP contribution in [-0.2, 0) is 20.8 Å². The monoisotopic (exact) mass is 329 g/mol. The van der Waals surface area contributed by atoms with Gasteiger partial charge < -0.3 is 15.1 Å². The maximum absolute atomic E-state index is 12.7. The van der Waals surface area contributed by atoms with Crippen LogP contribution in [0.25, 0.3) is 0 Å². The zero-order valence-corrected chi connectivity index (χ0v) is 14.4. The number of carbonyl (C=O) groups is 3. The molecule has 0 radical (unpaired) electrons. The van der Waals surface area contributed by atoms with Gasteiger partial charge in [0, 0.05) is 13.1 Å². The van der Waals surface area contributed by atoms with Crippen LogP contribution in [0.2, 0.25) is 0 Å². The van der Waals surface area contributed by atoms with E-state index in [-0.39, 0.29) is 30.8 Å². The Morgan fingerprint density at radius 1 is 1.17 bits per heavy atom. The van der Waals surface area contributed by atoms with E-state index in [9.17, 15) is 14.4 Å². The minimum atomic E-state index is -0.552. The fourth-order valence-corrected chi connectivity index (χ4v) is 3.67. The van der Waals surface area contributed by atoms with Gasteiger partial charge in [-0.1, -0.05) is 17.7 Å². The molecule has 128 valence electrons. The van der Waals surface area contributed by atoms with Crippen LogP contribution in [0.1, 0.15) is 22.3 Å². The Bertz CT molecular complexity index is 690. The molecular weight excluding hydrogens is 306 g/mol. The van der Waals surface area contributed by atoms with Crippen molar-refractivity contribution in [1.82, 2.24) is 15.1 Å². The van der Waals surface area contributed by atoms with Crippen molar-refractivity contribution >= 4 is 17.7 Å². The Morgan fingerprint density at radius 3 is 2.50 bits per heavy atom. The molecule has 2 heterocycles. The molecule has 0 unspecified atom stereocenters. The van der Waals surface area contributed by atoms with E-state index < -0.39 is 6.04 Å². The molecule has 2 aliphatic heterocycles. The maximum Gasteiger partial charge on any atom is 0.245 e. The second-order valence-corrected chi connectivity index (χ2v) is 6.71. The van der Waals surface area contributed by atoms with Gasteiger partial charge in [-0.2, -0.15) is 0 Å². The summed E-state index contributed by atoms with van der Waals surface area (Å²) >= 11 is 0. The number of hydrogen-bond donors (Lipinski definition) is 1. The number of aryl methyl sites for hydroxylation is 3. The maximum atomic E-state index is 12.7. The van der Waals surface area contributed by atoms with E-state index in [0.717, 1.165) is 16.7 Å². The predicted octanol–water partition coefficient (Wildman–Crippen LogP) is 0.324. The first-order valence-corrected chi connectivity index (χ1v) is 8.28. The largest absolute Gasteiger partial charge is 0.345 e. The summed E-state index contributed by atoms with van der Waals surface area (Å²) in [6.07, 6.45) is 0.334. The third-order valence-electron chi connectivity index (χ3n) is 4.94. The summed E-state index contributed by atoms with van der Waals surface area (Å²) in [5, 5.41) is 2.60. The van der Waals surface area contributed by atoms with Crippen LogP contribution in [-0.4, -0.2) is 59.7 Å². The van der Waals surface area contributed by atoms with Crippen LogP contribution in [0, 0.1) is 20.8 Å². The highest BCUT2D eigenvalue weighted by molar-refractivity contribution is 5.95. The summed E-state index contributed by atoms with van der Waals surface area (Å²) < 4.78 is 0. The predicted molar refractivity (Wildman–Crippen MR) is 89.4 cm³/mol. The van der Waals surface area contributed by atoms with Crippen LogP contribution in [0.4, 0.5) is 0 Å². The molecule has 1 N–H and O–H groups in total. The number of carbonyl (C=O) groups excluding carboxylic acids is 3. The molecule has 0 bridgehead atoms. The summed E-state index contributed by atoms with van der Waals surface area (Å²) in [7, 11) is 0. The van der Waals surface area contributed by atoms with Crippen LogP contribution in [0.3, 0.4) is 0 Å². The molecule has 3 rings (SSSR count). The topological polar surface area (TPSA) is 69.7 Å². The zero-order chi connectivity index (χ0) is 17.4. The highest BCUT2D eigenvalue weighted by atomic mass is 16.2. The third-order valence-corrected chi connectivity index (χ3v) is 4.94. The van der Waals surface area contributed by atoms with Crippen LogP contribution >= 0.6 is 0 Å². The average molecular weight is 329 g/mol. The van der Waals surface area contributed by atoms with Crippen LogP contribution < -0.4 is 5.32 Å². The van der Waals surface area contributed by atoms with Gasteiger partial charge in [-0.3, -0.25) is 14.4 Å². The molecule has 1 aromatic carbocycles. The molecule has 1 aromatic rings. The molecule has 0 spiro atoms. The number of nitrogens with zero attached hydrogens (tertiary/aromatic N) is 2. The Morgan fingerprint density at radius 2 is 1.83 bits per heavy atom. The molecule has 2 aliphatic rings. The molecule has 6 heteroatoms. The summed E-state index contributed by atoms with van der Waals surface area (Å²) in [5.41, 5.74) is 4.47. The molecule has 0 aliphatic carbocycles. The second kappa shape index (κ2) is 6.26. The lowest BCUT2D eigenvalue weighted by Gasteiger charge is -2.43. The molecule has 0 saturated carbocycles. The highest BCUT2D eigenvalue weighted by Crippen LogP contribution is 2.19. The first kappa shape index (κ1) is 16.5. The number of hydrogen-bond acceptors (Lipinski definition) is 3. The number of nitrogens with one attached hydrogen (secondary N) is 1. The van der Waals surface area contributed by atoms with Gasteiger partial charge in [-0.05, 0) is 37.5 Å². The van der Waals surface area contributed by atoms with Gasteiger partial charge in [0.1, 0.15) is 6.04 Å². The number of benzene rings is 1. The lowest BCUT2D eigenvalue weighted by atomic mass is 9.96. The second-order valence-electron chi connectivity index (χ2n) is 6.71. The lowest BCUT2D eigenvalue weighted by molar-refractivity contribution is -0.152. The van der Waals surface area contributed by atoms with E-state index in [2.05, 4.69) is 17.4 Å². The first-order valence-electron chi connectivity index (χ1n) is 8.28. The Balaban J connectivity index is 1.73. The van der Waals surface area contributed by atoms with E-state index in [1.165, 1.54) is 5.56 Å². The molecule has 2 fully saturated rings. The Hall–Kier alpha value is -2.37. The molecule has 24 heavy (non-hydrogen) atoms. The molecule has 2 saturated heterocycles. The quantitative estimate of drug-likeness (QED) is 0.850. The number of fused-ring (bicyclic) bond motifs is 1. The molecular formula is C18H23N3O3. The zero-order valence-electron chi connectivity index (χ0n) is 14.4. The van der Waals surface area contributed by atoms with Crippen molar-refractivity contribution in [3.8, 4) is 0 Å². The van der Waals surface area contributed by atoms with Crippen molar-refractivity contribution in [3.05, 3.63) is 34.4 Å². The van der Waals surface area contributed by atoms with Gasteiger partial charge in [0.05, 0.1) is 19.5 Å². The summed E-state index contributed by atoms with van der Waals surface area (Å²) in [6.45, 7) is 7.34. The highest BCUT2D eigenvalue weighted by Gasteiger charge is 2.39. The van der Waals surface area contributed by atoms with E-state index in [4.69, 9.17) is 0 Å². The SMILES string of the molecule is Cc1cc(C)c(CC(=O)N2CCN3C(=O)CNC(=O)[C@@H]3C2)c(C)c1. The minimum absolute atomic E-state index is 0.00975. The summed E-state index contributed by atoms with van der Waals surface area (Å²) in [6, 6.07) is 3.62. The van der Waals surface area contributed by atoms with Crippen molar-refractivity contribution in [3.63, 3.8) is 0 Å². The summed E-state index contributed by atoms with van der Waals surface area (Å²) in [4.78, 5) is 39.9. The molecule has 3 amide bonds. The van der Waals surface area contributed by atoms with E-state index in [1.54, 1.807) is 9.80 Å². The standard InChI is InChI=1S/C18H23N3O3/c1-11-6-12(2)14(13(3)7-11)8-16(22)20-4-5-21-15(10-20)18(24)19-9-17(21)23/h6-7,15H,4-5,8-10H2,1-3H3,(H,19,24)/t15-/m0/s1. The molecule has 6 nitrogen and oxygen atoms in total. The normalized spacial score (nSPS) is 20.7. The average Bonchev–Trinajstić information content (AvgIpc) is 2.54. The van der Waals surface area contributed by atoms with Gasteiger partial charge in [-0.25, -0.2) is 0 Å². The van der Waals surface area contributed by atoms with Crippen molar-refractivity contribution in [2.24, 2.45) is 0 Å². The van der Waals surface area contributed by atoms with Crippen molar-refractivity contribution in [1.29, 1.82) is 0 Å². The van der Waals surface area contributed by atoms with E-state index in [1.807, 2.05) is 20.8 Å². The smallest absolute Gasteiger partial charge is 0.245 e. The molecule has 0 aromatic heterocycles. The number of piperazine rings is 2. The van der Waals surface area contributed by atoms with Crippen LogP contribution in [0.5, 0.6) is 0 Å². The number of rotatable bonds is 2. The van der Waals surface area contributed by atoms with Gasteiger partial charge in [0.25, 0.3) is 0 Å². The van der Waals surface area contributed by atoms with Crippen molar-refractivity contribution in [2.75, 3.05) is 26.2 Å². The Kier molecular flexibility index (Phi) is 4.30. The fourth-order valence-electron chi connectivity index (χ4n) is 3.67. The molecule has 1 atom stereocenters. The minimum Gasteiger partial charge on any atom is -0.345 e. The summed E-state index contributed by atoms with van der Waals surface area (Å²) in [5.74, 6) is -0.234. The number of amides is 3. The van der Waals surface area contributed by atoms with Gasteiger partial charge in [-0.15, -0.1) is 0 Å². The first-order chi connectivity index (χ1) is 11.4. The van der Waals surface area contributed by atoms with Gasteiger partial charge in [0.2, 0.25) is 17.7 Å². The fraction of sp³-hybridized carbons (Fsp3) is 0.500. The van der Waals surface area contributed by atoms with E-state index in [0.29, 0.717) is 19.5 Å². The van der Waals surface area contributed by atoms with Gasteiger partial charge >= 0.3 is 0 Å². The Labute approximate surface area is 141 Å². The van der Waals surface area contributed by atoms with Crippen LogP contribution in [0.15, 0.2) is 12.1 Å². The van der Waals surface area contributed by atoms with Gasteiger partial charge in [0.15, 0.2) is 0 Å². The van der Waals surface area contributed by atoms with Crippen molar-refractivity contribution in [2.45, 2.75) is 33.2 Å². The van der Waals surface area contributed by atoms with E-state index >= 15 is 0 Å².